The number of hydrogen-bond acceptors (Lipinski definition) is 3. The van der Waals surface area contributed by atoms with Gasteiger partial charge in [0.25, 0.3) is 0 Å². The molecule has 3 nitrogen and oxygen atoms in total. The van der Waals surface area contributed by atoms with Crippen LogP contribution in [-0.2, 0) is 4.74 Å². The summed E-state index contributed by atoms with van der Waals surface area (Å²) in [4.78, 5) is 1.94. The normalized spacial score (nSPS) is 28.3. The van der Waals surface area contributed by atoms with Crippen LogP contribution in [0.1, 0.15) is 19.8 Å². The van der Waals surface area contributed by atoms with Gasteiger partial charge in [0, 0.05) is 19.0 Å². The SMILES string of the molecule is CC1COC(CO)CN1CCCC(F)(F)F. The summed E-state index contributed by atoms with van der Waals surface area (Å²) in [6.07, 6.45) is -4.99. The van der Waals surface area contributed by atoms with Crippen molar-refractivity contribution < 1.29 is 23.0 Å². The molecule has 2 atom stereocenters. The van der Waals surface area contributed by atoms with Gasteiger partial charge in [0.1, 0.15) is 0 Å². The molecule has 0 aromatic rings. The van der Waals surface area contributed by atoms with Gasteiger partial charge in [-0.1, -0.05) is 0 Å². The Hall–Kier alpha value is -0.330. The maximum atomic E-state index is 12.0. The lowest BCUT2D eigenvalue weighted by atomic mass is 10.1. The zero-order valence-corrected chi connectivity index (χ0v) is 9.33. The van der Waals surface area contributed by atoms with E-state index in [2.05, 4.69) is 0 Å². The first-order valence-electron chi connectivity index (χ1n) is 5.45. The van der Waals surface area contributed by atoms with Crippen molar-refractivity contribution in [2.24, 2.45) is 0 Å². The Bertz CT molecular complexity index is 211. The summed E-state index contributed by atoms with van der Waals surface area (Å²) in [6.45, 7) is 3.22. The van der Waals surface area contributed by atoms with Crippen LogP contribution < -0.4 is 0 Å². The quantitative estimate of drug-likeness (QED) is 0.807. The Kier molecular flexibility index (Phi) is 5.01. The molecule has 16 heavy (non-hydrogen) atoms. The van der Waals surface area contributed by atoms with Gasteiger partial charge in [0.05, 0.1) is 19.3 Å². The molecule has 1 aliphatic heterocycles. The number of rotatable bonds is 4. The minimum Gasteiger partial charge on any atom is -0.394 e. The Balaban J connectivity index is 2.28. The summed E-state index contributed by atoms with van der Waals surface area (Å²) < 4.78 is 41.2. The second-order valence-corrected chi connectivity index (χ2v) is 4.20. The van der Waals surface area contributed by atoms with Gasteiger partial charge < -0.3 is 9.84 Å². The molecule has 0 aromatic carbocycles. The zero-order chi connectivity index (χ0) is 12.2. The van der Waals surface area contributed by atoms with E-state index in [0.29, 0.717) is 19.7 Å². The molecule has 1 heterocycles. The topological polar surface area (TPSA) is 32.7 Å². The van der Waals surface area contributed by atoms with Gasteiger partial charge in [-0.15, -0.1) is 0 Å². The fourth-order valence-electron chi connectivity index (χ4n) is 1.78. The first-order valence-corrected chi connectivity index (χ1v) is 5.45. The predicted octanol–water partition coefficient (Wildman–Crippen LogP) is 1.41. The van der Waals surface area contributed by atoms with Crippen LogP contribution in [0.25, 0.3) is 0 Å². The van der Waals surface area contributed by atoms with E-state index in [9.17, 15) is 13.2 Å². The highest BCUT2D eigenvalue weighted by Crippen LogP contribution is 2.22. The van der Waals surface area contributed by atoms with Gasteiger partial charge in [-0.25, -0.2) is 0 Å². The highest BCUT2D eigenvalue weighted by Gasteiger charge is 2.29. The first-order chi connectivity index (χ1) is 7.42. The number of ether oxygens (including phenoxy) is 1. The van der Waals surface area contributed by atoms with Gasteiger partial charge >= 0.3 is 6.18 Å². The lowest BCUT2D eigenvalue weighted by Crippen LogP contribution is -2.49. The van der Waals surface area contributed by atoms with E-state index in [4.69, 9.17) is 9.84 Å². The van der Waals surface area contributed by atoms with Gasteiger partial charge in [0.15, 0.2) is 0 Å². The third-order valence-electron chi connectivity index (χ3n) is 2.74. The van der Waals surface area contributed by atoms with Crippen molar-refractivity contribution in [1.29, 1.82) is 0 Å². The number of halogens is 3. The third-order valence-corrected chi connectivity index (χ3v) is 2.74. The Morgan fingerprint density at radius 1 is 1.44 bits per heavy atom. The van der Waals surface area contributed by atoms with Crippen LogP contribution in [0.2, 0.25) is 0 Å². The molecule has 0 saturated carbocycles. The zero-order valence-electron chi connectivity index (χ0n) is 9.33. The largest absolute Gasteiger partial charge is 0.394 e. The van der Waals surface area contributed by atoms with E-state index in [1.54, 1.807) is 0 Å². The Labute approximate surface area is 93.2 Å². The first kappa shape index (κ1) is 13.7. The van der Waals surface area contributed by atoms with E-state index in [1.165, 1.54) is 0 Å². The molecule has 1 rings (SSSR count). The molecule has 2 unspecified atom stereocenters. The summed E-state index contributed by atoms with van der Waals surface area (Å²) in [5.41, 5.74) is 0. The van der Waals surface area contributed by atoms with E-state index in [1.807, 2.05) is 11.8 Å². The standard InChI is InChI=1S/C10H18F3NO2/c1-8-7-16-9(6-15)5-14(8)4-2-3-10(11,12)13/h8-9,15H,2-7H2,1H3. The molecule has 0 aromatic heterocycles. The average molecular weight is 241 g/mol. The van der Waals surface area contributed by atoms with Crippen molar-refractivity contribution in [3.63, 3.8) is 0 Å². The summed E-state index contributed by atoms with van der Waals surface area (Å²) in [7, 11) is 0. The number of aliphatic hydroxyl groups excluding tert-OH is 1. The predicted molar refractivity (Wildman–Crippen MR) is 53.1 cm³/mol. The summed E-state index contributed by atoms with van der Waals surface area (Å²) >= 11 is 0. The molecule has 96 valence electrons. The van der Waals surface area contributed by atoms with E-state index >= 15 is 0 Å². The molecule has 0 spiro atoms. The molecule has 0 radical (unpaired) electrons. The Morgan fingerprint density at radius 2 is 2.12 bits per heavy atom. The van der Waals surface area contributed by atoms with Crippen LogP contribution >= 0.6 is 0 Å². The van der Waals surface area contributed by atoms with Crippen molar-refractivity contribution in [3.8, 4) is 0 Å². The molecule has 0 amide bonds. The molecule has 1 saturated heterocycles. The van der Waals surface area contributed by atoms with Crippen LogP contribution in [0, 0.1) is 0 Å². The van der Waals surface area contributed by atoms with E-state index < -0.39 is 12.6 Å². The van der Waals surface area contributed by atoms with Gasteiger partial charge in [0.2, 0.25) is 0 Å². The van der Waals surface area contributed by atoms with Gasteiger partial charge in [-0.05, 0) is 19.9 Å². The third kappa shape index (κ3) is 4.67. The maximum Gasteiger partial charge on any atom is 0.389 e. The molecular formula is C10H18F3NO2. The number of hydrogen-bond donors (Lipinski definition) is 1. The van der Waals surface area contributed by atoms with E-state index in [-0.39, 0.29) is 25.2 Å². The average Bonchev–Trinajstić information content (AvgIpc) is 2.19. The van der Waals surface area contributed by atoms with Crippen LogP contribution in [0.3, 0.4) is 0 Å². The minimum atomic E-state index is -4.08. The number of aliphatic hydroxyl groups is 1. The fourth-order valence-corrected chi connectivity index (χ4v) is 1.78. The molecular weight excluding hydrogens is 223 g/mol. The minimum absolute atomic E-state index is 0.0809. The Morgan fingerprint density at radius 3 is 2.69 bits per heavy atom. The van der Waals surface area contributed by atoms with Crippen LogP contribution in [-0.4, -0.2) is 54.6 Å². The van der Waals surface area contributed by atoms with Crippen LogP contribution in [0.4, 0.5) is 13.2 Å². The molecule has 1 N–H and O–H groups in total. The van der Waals surface area contributed by atoms with Crippen molar-refractivity contribution in [2.75, 3.05) is 26.3 Å². The molecule has 0 aliphatic carbocycles. The molecule has 0 bridgehead atoms. The van der Waals surface area contributed by atoms with Crippen molar-refractivity contribution in [2.45, 2.75) is 38.1 Å². The monoisotopic (exact) mass is 241 g/mol. The van der Waals surface area contributed by atoms with Gasteiger partial charge in [-0.3, -0.25) is 4.90 Å². The summed E-state index contributed by atoms with van der Waals surface area (Å²) in [6, 6.07) is 0.121. The second kappa shape index (κ2) is 5.84. The lowest BCUT2D eigenvalue weighted by Gasteiger charge is -2.37. The van der Waals surface area contributed by atoms with E-state index in [0.717, 1.165) is 0 Å². The number of morpholine rings is 1. The highest BCUT2D eigenvalue weighted by atomic mass is 19.4. The number of alkyl halides is 3. The van der Waals surface area contributed by atoms with Gasteiger partial charge in [-0.2, -0.15) is 13.2 Å². The highest BCUT2D eigenvalue weighted by molar-refractivity contribution is 4.77. The maximum absolute atomic E-state index is 12.0. The fraction of sp³-hybridized carbons (Fsp3) is 1.00. The van der Waals surface area contributed by atoms with Crippen LogP contribution in [0.5, 0.6) is 0 Å². The smallest absolute Gasteiger partial charge is 0.389 e. The summed E-state index contributed by atoms with van der Waals surface area (Å²) in [5.74, 6) is 0. The molecule has 6 heteroatoms. The lowest BCUT2D eigenvalue weighted by molar-refractivity contribution is -0.138. The molecule has 1 fully saturated rings. The van der Waals surface area contributed by atoms with Crippen LogP contribution in [0.15, 0.2) is 0 Å². The molecule has 1 aliphatic rings. The van der Waals surface area contributed by atoms with Crippen molar-refractivity contribution in [3.05, 3.63) is 0 Å². The number of nitrogens with zero attached hydrogens (tertiary/aromatic N) is 1. The van der Waals surface area contributed by atoms with Crippen molar-refractivity contribution in [1.82, 2.24) is 4.90 Å². The summed E-state index contributed by atoms with van der Waals surface area (Å²) in [5, 5.41) is 8.92. The second-order valence-electron chi connectivity index (χ2n) is 4.20. The van der Waals surface area contributed by atoms with Crippen molar-refractivity contribution >= 4 is 0 Å².